The van der Waals surface area contributed by atoms with Gasteiger partial charge in [-0.05, 0) is 50.5 Å². The van der Waals surface area contributed by atoms with E-state index in [4.69, 9.17) is 9.47 Å². The van der Waals surface area contributed by atoms with E-state index in [9.17, 15) is 13.2 Å². The van der Waals surface area contributed by atoms with Gasteiger partial charge in [-0.15, -0.1) is 0 Å². The first-order chi connectivity index (χ1) is 12.0. The van der Waals surface area contributed by atoms with Crippen molar-refractivity contribution >= 4 is 15.6 Å². The van der Waals surface area contributed by atoms with Gasteiger partial charge in [-0.1, -0.05) is 0 Å². The molecule has 0 unspecified atom stereocenters. The number of nitrogens with zero attached hydrogens (tertiary/aromatic N) is 2. The molecule has 7 nitrogen and oxygen atoms in total. The molecule has 1 heterocycles. The monoisotopic (exact) mass is 380 g/mol. The molecular formula is C18H24N2O5S. The van der Waals surface area contributed by atoms with E-state index in [0.29, 0.717) is 39.4 Å². The SMILES string of the molecule is COCOc1c(C(=O)c2cc(C)c(S(C)(=O)=O)c(C)c2C)c(C)nn1C. The molecule has 2 rings (SSSR count). The quantitative estimate of drug-likeness (QED) is 0.564. The van der Waals surface area contributed by atoms with Gasteiger partial charge in [-0.25, -0.2) is 13.1 Å². The van der Waals surface area contributed by atoms with Gasteiger partial charge < -0.3 is 9.47 Å². The number of hydrogen-bond donors (Lipinski definition) is 0. The van der Waals surface area contributed by atoms with Crippen molar-refractivity contribution in [2.75, 3.05) is 20.2 Å². The van der Waals surface area contributed by atoms with Crippen LogP contribution in [0.5, 0.6) is 5.88 Å². The minimum absolute atomic E-state index is 0.0106. The van der Waals surface area contributed by atoms with Crippen LogP contribution in [0.25, 0.3) is 0 Å². The fraction of sp³-hybridized carbons (Fsp3) is 0.444. The fourth-order valence-corrected chi connectivity index (χ4v) is 4.53. The van der Waals surface area contributed by atoms with Crippen LogP contribution in [0.4, 0.5) is 0 Å². The summed E-state index contributed by atoms with van der Waals surface area (Å²) in [6.45, 7) is 6.88. The highest BCUT2D eigenvalue weighted by Gasteiger charge is 2.27. The van der Waals surface area contributed by atoms with E-state index < -0.39 is 9.84 Å². The van der Waals surface area contributed by atoms with Gasteiger partial charge in [-0.2, -0.15) is 5.10 Å². The van der Waals surface area contributed by atoms with Gasteiger partial charge >= 0.3 is 0 Å². The predicted molar refractivity (Wildman–Crippen MR) is 97.6 cm³/mol. The predicted octanol–water partition coefficient (Wildman–Crippen LogP) is 2.27. The Bertz CT molecular complexity index is 974. The summed E-state index contributed by atoms with van der Waals surface area (Å²) < 4.78 is 36.1. The Morgan fingerprint density at radius 1 is 1.19 bits per heavy atom. The largest absolute Gasteiger partial charge is 0.450 e. The highest BCUT2D eigenvalue weighted by molar-refractivity contribution is 7.90. The topological polar surface area (TPSA) is 87.5 Å². The lowest BCUT2D eigenvalue weighted by atomic mass is 9.94. The first-order valence-electron chi connectivity index (χ1n) is 8.01. The molecule has 0 aliphatic heterocycles. The van der Waals surface area contributed by atoms with E-state index in [0.717, 1.165) is 0 Å². The fourth-order valence-electron chi connectivity index (χ4n) is 3.18. The van der Waals surface area contributed by atoms with E-state index in [1.54, 1.807) is 40.8 Å². The number of aryl methyl sites for hydroxylation is 3. The zero-order valence-corrected chi connectivity index (χ0v) is 16.9. The third-order valence-electron chi connectivity index (χ3n) is 4.35. The molecule has 0 saturated carbocycles. The molecule has 0 spiro atoms. The molecule has 0 fully saturated rings. The summed E-state index contributed by atoms with van der Waals surface area (Å²) in [5.41, 5.74) is 3.06. The summed E-state index contributed by atoms with van der Waals surface area (Å²) >= 11 is 0. The molecule has 0 bridgehead atoms. The number of hydrogen-bond acceptors (Lipinski definition) is 6. The van der Waals surface area contributed by atoms with Crippen LogP contribution in [0.15, 0.2) is 11.0 Å². The first kappa shape index (κ1) is 20.1. The minimum Gasteiger partial charge on any atom is -0.450 e. The summed E-state index contributed by atoms with van der Waals surface area (Å²) in [5, 5.41) is 4.26. The van der Waals surface area contributed by atoms with E-state index in [2.05, 4.69) is 5.10 Å². The summed E-state index contributed by atoms with van der Waals surface area (Å²) in [7, 11) is -0.210. The summed E-state index contributed by atoms with van der Waals surface area (Å²) in [6.07, 6.45) is 1.17. The van der Waals surface area contributed by atoms with Crippen LogP contribution in [0.3, 0.4) is 0 Å². The normalized spacial score (nSPS) is 11.7. The van der Waals surface area contributed by atoms with Crippen molar-refractivity contribution in [2.45, 2.75) is 32.6 Å². The molecule has 0 N–H and O–H groups in total. The molecular weight excluding hydrogens is 356 g/mol. The number of methoxy groups -OCH3 is 1. The highest BCUT2D eigenvalue weighted by Crippen LogP contribution is 2.31. The van der Waals surface area contributed by atoms with Gasteiger partial charge in [0.25, 0.3) is 0 Å². The maximum Gasteiger partial charge on any atom is 0.225 e. The Kier molecular flexibility index (Phi) is 5.58. The zero-order valence-electron chi connectivity index (χ0n) is 16.1. The van der Waals surface area contributed by atoms with Gasteiger partial charge in [0.15, 0.2) is 16.6 Å². The number of carbonyl (C=O) groups excluding carboxylic acids is 1. The average Bonchev–Trinajstić information content (AvgIpc) is 2.80. The number of carbonyl (C=O) groups is 1. The maximum atomic E-state index is 13.2. The second kappa shape index (κ2) is 7.20. The molecule has 1 aromatic carbocycles. The van der Waals surface area contributed by atoms with Crippen LogP contribution >= 0.6 is 0 Å². The summed E-state index contributed by atoms with van der Waals surface area (Å²) in [4.78, 5) is 13.5. The second-order valence-electron chi connectivity index (χ2n) is 6.36. The lowest BCUT2D eigenvalue weighted by Crippen LogP contribution is -2.13. The van der Waals surface area contributed by atoms with Crippen molar-refractivity contribution < 1.29 is 22.7 Å². The number of rotatable bonds is 6. The molecule has 142 valence electrons. The zero-order chi connectivity index (χ0) is 19.8. The summed E-state index contributed by atoms with van der Waals surface area (Å²) in [6, 6.07) is 1.62. The van der Waals surface area contributed by atoms with Crippen molar-refractivity contribution in [1.29, 1.82) is 0 Å². The molecule has 0 atom stereocenters. The van der Waals surface area contributed by atoms with Crippen molar-refractivity contribution in [1.82, 2.24) is 9.78 Å². The van der Waals surface area contributed by atoms with Crippen LogP contribution in [0.1, 0.15) is 38.3 Å². The van der Waals surface area contributed by atoms with Crippen molar-refractivity contribution in [3.05, 3.63) is 39.6 Å². The van der Waals surface area contributed by atoms with Gasteiger partial charge in [-0.3, -0.25) is 4.79 Å². The Labute approximate surface area is 153 Å². The van der Waals surface area contributed by atoms with E-state index in [1.165, 1.54) is 18.0 Å². The van der Waals surface area contributed by atoms with E-state index >= 15 is 0 Å². The maximum absolute atomic E-state index is 13.2. The molecule has 0 amide bonds. The number of ether oxygens (including phenoxy) is 2. The number of sulfone groups is 1. The van der Waals surface area contributed by atoms with Gasteiger partial charge in [0.2, 0.25) is 11.7 Å². The Hall–Kier alpha value is -2.19. The van der Waals surface area contributed by atoms with Crippen LogP contribution in [0, 0.1) is 27.7 Å². The first-order valence-corrected chi connectivity index (χ1v) is 9.90. The molecule has 0 aliphatic rings. The third kappa shape index (κ3) is 3.52. The van der Waals surface area contributed by atoms with Gasteiger partial charge in [0.1, 0.15) is 5.56 Å². The molecule has 0 radical (unpaired) electrons. The van der Waals surface area contributed by atoms with Crippen molar-refractivity contribution in [2.24, 2.45) is 7.05 Å². The third-order valence-corrected chi connectivity index (χ3v) is 5.72. The molecule has 0 aliphatic carbocycles. The molecule has 2 aromatic rings. The standard InChI is InChI=1S/C18H24N2O5S/c1-10-8-14(11(2)12(3)17(10)26(7,22)23)16(21)15-13(4)19-20(5)18(15)25-9-24-6/h8H,9H2,1-7H3. The van der Waals surface area contributed by atoms with E-state index in [1.807, 2.05) is 0 Å². The Morgan fingerprint density at radius 3 is 2.35 bits per heavy atom. The van der Waals surface area contributed by atoms with E-state index in [-0.39, 0.29) is 17.5 Å². The van der Waals surface area contributed by atoms with Crippen molar-refractivity contribution in [3.8, 4) is 5.88 Å². The summed E-state index contributed by atoms with van der Waals surface area (Å²) in [5.74, 6) is 0.0571. The number of benzene rings is 1. The Balaban J connectivity index is 2.66. The number of aromatic nitrogens is 2. The Morgan fingerprint density at radius 2 is 1.81 bits per heavy atom. The van der Waals surface area contributed by atoms with Crippen LogP contribution in [0.2, 0.25) is 0 Å². The van der Waals surface area contributed by atoms with Crippen LogP contribution < -0.4 is 4.74 Å². The van der Waals surface area contributed by atoms with Crippen LogP contribution in [-0.2, 0) is 21.6 Å². The second-order valence-corrected chi connectivity index (χ2v) is 8.31. The van der Waals surface area contributed by atoms with Gasteiger partial charge in [0, 0.05) is 26.0 Å². The van der Waals surface area contributed by atoms with Crippen LogP contribution in [-0.4, -0.2) is 44.1 Å². The number of ketones is 1. The smallest absolute Gasteiger partial charge is 0.225 e. The molecule has 1 aromatic heterocycles. The average molecular weight is 380 g/mol. The van der Waals surface area contributed by atoms with Gasteiger partial charge in [0.05, 0.1) is 10.6 Å². The van der Waals surface area contributed by atoms with Crippen molar-refractivity contribution in [3.63, 3.8) is 0 Å². The molecule has 8 heteroatoms. The minimum atomic E-state index is -3.39. The lowest BCUT2D eigenvalue weighted by molar-refractivity contribution is 0.0441. The molecule has 26 heavy (non-hydrogen) atoms. The highest BCUT2D eigenvalue weighted by atomic mass is 32.2. The molecule has 0 saturated heterocycles. The lowest BCUT2D eigenvalue weighted by Gasteiger charge is -2.15.